The molecule has 138 valence electrons. The monoisotopic (exact) mass is 362 g/mol. The highest BCUT2D eigenvalue weighted by molar-refractivity contribution is 6.05. The molecule has 1 amide bonds. The van der Waals surface area contributed by atoms with Gasteiger partial charge in [0.25, 0.3) is 5.91 Å². The number of anilines is 2. The van der Waals surface area contributed by atoms with Crippen molar-refractivity contribution in [2.24, 2.45) is 0 Å². The molecule has 0 saturated carbocycles. The average molecular weight is 362 g/mol. The Morgan fingerprint density at radius 3 is 2.44 bits per heavy atom. The molecule has 0 aromatic heterocycles. The highest BCUT2D eigenvalue weighted by atomic mass is 16.5. The van der Waals surface area contributed by atoms with Crippen molar-refractivity contribution in [3.05, 3.63) is 83.9 Å². The third-order valence-corrected chi connectivity index (χ3v) is 4.09. The first-order valence-electron chi connectivity index (χ1n) is 8.67. The zero-order valence-corrected chi connectivity index (χ0v) is 15.1. The van der Waals surface area contributed by atoms with Crippen LogP contribution in [-0.4, -0.2) is 19.6 Å². The number of carbonyl (C=O) groups is 1. The fourth-order valence-corrected chi connectivity index (χ4v) is 2.64. The van der Waals surface area contributed by atoms with Crippen LogP contribution in [0, 0.1) is 0 Å². The van der Waals surface area contributed by atoms with Gasteiger partial charge in [-0.25, -0.2) is 0 Å². The van der Waals surface area contributed by atoms with E-state index in [0.717, 1.165) is 12.2 Å². The first-order valence-corrected chi connectivity index (χ1v) is 8.67. The van der Waals surface area contributed by atoms with Gasteiger partial charge in [-0.2, -0.15) is 0 Å². The number of nitrogen functional groups attached to an aromatic ring is 1. The SMILES string of the molecule is COc1cc(N)ccc1NC(=O)c1ccc(OCCc2ccccc2)cc1. The normalized spacial score (nSPS) is 10.3. The lowest BCUT2D eigenvalue weighted by Gasteiger charge is -2.11. The van der Waals surface area contributed by atoms with Crippen molar-refractivity contribution in [2.45, 2.75) is 6.42 Å². The fraction of sp³-hybridized carbons (Fsp3) is 0.136. The number of amides is 1. The van der Waals surface area contributed by atoms with Crippen molar-refractivity contribution in [3.8, 4) is 11.5 Å². The van der Waals surface area contributed by atoms with E-state index in [1.165, 1.54) is 12.7 Å². The van der Waals surface area contributed by atoms with E-state index in [9.17, 15) is 4.79 Å². The molecule has 0 spiro atoms. The van der Waals surface area contributed by atoms with Gasteiger partial charge in [-0.3, -0.25) is 4.79 Å². The molecule has 0 fully saturated rings. The number of ether oxygens (including phenoxy) is 2. The summed E-state index contributed by atoms with van der Waals surface area (Å²) >= 11 is 0. The Bertz CT molecular complexity index is 893. The number of benzene rings is 3. The molecule has 5 heteroatoms. The topological polar surface area (TPSA) is 73.6 Å². The molecule has 3 N–H and O–H groups in total. The summed E-state index contributed by atoms with van der Waals surface area (Å²) in [4.78, 5) is 12.4. The van der Waals surface area contributed by atoms with E-state index in [2.05, 4.69) is 17.4 Å². The molecular formula is C22H22N2O3. The van der Waals surface area contributed by atoms with Crippen LogP contribution in [-0.2, 0) is 6.42 Å². The molecule has 0 heterocycles. The van der Waals surface area contributed by atoms with Crippen molar-refractivity contribution in [1.29, 1.82) is 0 Å². The number of carbonyl (C=O) groups excluding carboxylic acids is 1. The summed E-state index contributed by atoms with van der Waals surface area (Å²) in [5.41, 5.74) is 8.63. The molecule has 0 aliphatic rings. The smallest absolute Gasteiger partial charge is 0.255 e. The van der Waals surface area contributed by atoms with E-state index >= 15 is 0 Å². The third kappa shape index (κ3) is 5.01. The van der Waals surface area contributed by atoms with Crippen LogP contribution in [0.4, 0.5) is 11.4 Å². The van der Waals surface area contributed by atoms with E-state index in [0.29, 0.717) is 29.3 Å². The van der Waals surface area contributed by atoms with Crippen molar-refractivity contribution in [2.75, 3.05) is 24.8 Å². The summed E-state index contributed by atoms with van der Waals surface area (Å²) in [6.07, 6.45) is 0.833. The molecule has 3 aromatic carbocycles. The number of nitrogens with two attached hydrogens (primary N) is 1. The van der Waals surface area contributed by atoms with E-state index in [1.54, 1.807) is 42.5 Å². The van der Waals surface area contributed by atoms with E-state index in [4.69, 9.17) is 15.2 Å². The number of hydrogen-bond donors (Lipinski definition) is 2. The molecule has 0 bridgehead atoms. The summed E-state index contributed by atoms with van der Waals surface area (Å²) in [6, 6.07) is 22.3. The number of rotatable bonds is 7. The van der Waals surface area contributed by atoms with Gasteiger partial charge in [0, 0.05) is 23.7 Å². The zero-order valence-electron chi connectivity index (χ0n) is 15.1. The number of hydrogen-bond acceptors (Lipinski definition) is 4. The first kappa shape index (κ1) is 18.3. The van der Waals surface area contributed by atoms with Gasteiger partial charge in [-0.1, -0.05) is 30.3 Å². The molecular weight excluding hydrogens is 340 g/mol. The van der Waals surface area contributed by atoms with Crippen LogP contribution in [0.25, 0.3) is 0 Å². The molecule has 0 aliphatic carbocycles. The van der Waals surface area contributed by atoms with Crippen LogP contribution in [0.15, 0.2) is 72.8 Å². The van der Waals surface area contributed by atoms with Crippen LogP contribution in [0.1, 0.15) is 15.9 Å². The predicted molar refractivity (Wildman–Crippen MR) is 107 cm³/mol. The number of methoxy groups -OCH3 is 1. The molecule has 27 heavy (non-hydrogen) atoms. The van der Waals surface area contributed by atoms with Gasteiger partial charge in [-0.15, -0.1) is 0 Å². The van der Waals surface area contributed by atoms with Gasteiger partial charge < -0.3 is 20.5 Å². The van der Waals surface area contributed by atoms with Crippen molar-refractivity contribution < 1.29 is 14.3 Å². The highest BCUT2D eigenvalue weighted by Crippen LogP contribution is 2.27. The fourth-order valence-electron chi connectivity index (χ4n) is 2.64. The standard InChI is InChI=1S/C22H22N2O3/c1-26-21-15-18(23)9-12-20(21)24-22(25)17-7-10-19(11-8-17)27-14-13-16-5-3-2-4-6-16/h2-12,15H,13-14,23H2,1H3,(H,24,25). The van der Waals surface area contributed by atoms with Gasteiger partial charge in [0.05, 0.1) is 19.4 Å². The molecule has 0 aliphatic heterocycles. The highest BCUT2D eigenvalue weighted by Gasteiger charge is 2.10. The Labute approximate surface area is 158 Å². The van der Waals surface area contributed by atoms with Gasteiger partial charge in [0.15, 0.2) is 0 Å². The Kier molecular flexibility index (Phi) is 5.94. The van der Waals surface area contributed by atoms with Gasteiger partial charge in [-0.05, 0) is 42.0 Å². The second-order valence-electron chi connectivity index (χ2n) is 6.02. The lowest BCUT2D eigenvalue weighted by atomic mass is 10.1. The molecule has 5 nitrogen and oxygen atoms in total. The summed E-state index contributed by atoms with van der Waals surface area (Å²) in [6.45, 7) is 0.582. The quantitative estimate of drug-likeness (QED) is 0.619. The molecule has 0 radical (unpaired) electrons. The van der Waals surface area contributed by atoms with Crippen LogP contribution in [0.2, 0.25) is 0 Å². The zero-order chi connectivity index (χ0) is 19.1. The van der Waals surface area contributed by atoms with Crippen LogP contribution < -0.4 is 20.5 Å². The van der Waals surface area contributed by atoms with E-state index < -0.39 is 0 Å². The minimum absolute atomic E-state index is 0.228. The lowest BCUT2D eigenvalue weighted by molar-refractivity contribution is 0.102. The third-order valence-electron chi connectivity index (χ3n) is 4.09. The summed E-state index contributed by atoms with van der Waals surface area (Å²) in [5, 5.41) is 2.83. The Morgan fingerprint density at radius 2 is 1.74 bits per heavy atom. The van der Waals surface area contributed by atoms with Gasteiger partial charge in [0.2, 0.25) is 0 Å². The van der Waals surface area contributed by atoms with E-state index in [-0.39, 0.29) is 5.91 Å². The minimum Gasteiger partial charge on any atom is -0.494 e. The second kappa shape index (κ2) is 8.76. The lowest BCUT2D eigenvalue weighted by Crippen LogP contribution is -2.12. The average Bonchev–Trinajstić information content (AvgIpc) is 2.70. The molecule has 3 rings (SSSR count). The maximum Gasteiger partial charge on any atom is 0.255 e. The first-order chi connectivity index (χ1) is 13.2. The largest absolute Gasteiger partial charge is 0.494 e. The molecule has 0 saturated heterocycles. The second-order valence-corrected chi connectivity index (χ2v) is 6.02. The van der Waals surface area contributed by atoms with Gasteiger partial charge >= 0.3 is 0 Å². The van der Waals surface area contributed by atoms with Gasteiger partial charge in [0.1, 0.15) is 11.5 Å². The minimum atomic E-state index is -0.228. The van der Waals surface area contributed by atoms with Crippen LogP contribution in [0.3, 0.4) is 0 Å². The maximum atomic E-state index is 12.4. The molecule has 0 atom stereocenters. The summed E-state index contributed by atoms with van der Waals surface area (Å²) in [7, 11) is 1.53. The Morgan fingerprint density at radius 1 is 1.00 bits per heavy atom. The van der Waals surface area contributed by atoms with Crippen molar-refractivity contribution in [1.82, 2.24) is 0 Å². The summed E-state index contributed by atoms with van der Waals surface area (Å²) < 4.78 is 11.0. The maximum absolute atomic E-state index is 12.4. The van der Waals surface area contributed by atoms with Crippen molar-refractivity contribution >= 4 is 17.3 Å². The number of nitrogens with one attached hydrogen (secondary N) is 1. The predicted octanol–water partition coefficient (Wildman–Crippen LogP) is 4.15. The van der Waals surface area contributed by atoms with Crippen LogP contribution in [0.5, 0.6) is 11.5 Å². The van der Waals surface area contributed by atoms with E-state index in [1.807, 2.05) is 18.2 Å². The molecule has 3 aromatic rings. The Balaban J connectivity index is 1.57. The molecule has 0 unspecified atom stereocenters. The Hall–Kier alpha value is -3.47. The van der Waals surface area contributed by atoms with Crippen LogP contribution >= 0.6 is 0 Å². The summed E-state index contributed by atoms with van der Waals surface area (Å²) in [5.74, 6) is 1.02. The van der Waals surface area contributed by atoms with Crippen molar-refractivity contribution in [3.63, 3.8) is 0 Å².